The summed E-state index contributed by atoms with van der Waals surface area (Å²) < 4.78 is 4.19. The van der Waals surface area contributed by atoms with E-state index in [0.29, 0.717) is 6.29 Å². The Morgan fingerprint density at radius 3 is 2.70 bits per heavy atom. The zero-order valence-electron chi connectivity index (χ0n) is 5.20. The maximum atomic E-state index is 10.6. The second-order valence-electron chi connectivity index (χ2n) is 2.10. The van der Waals surface area contributed by atoms with Gasteiger partial charge < -0.3 is 9.53 Å². The standard InChI is InChI=1S/C6H6O4/c7-2-1-4-3-5(8)10-6(4)9/h2,4H,1,3H2. The van der Waals surface area contributed by atoms with Crippen molar-refractivity contribution in [1.82, 2.24) is 0 Å². The fraction of sp³-hybridized carbons (Fsp3) is 0.500. The molecule has 1 unspecified atom stereocenters. The molecule has 0 N–H and O–H groups in total. The van der Waals surface area contributed by atoms with Crippen LogP contribution in [0.3, 0.4) is 0 Å². The van der Waals surface area contributed by atoms with Crippen LogP contribution in [0.25, 0.3) is 0 Å². The highest BCUT2D eigenvalue weighted by atomic mass is 16.6. The number of carbonyl (C=O) groups excluding carboxylic acids is 3. The van der Waals surface area contributed by atoms with Gasteiger partial charge in [-0.25, -0.2) is 0 Å². The maximum absolute atomic E-state index is 10.6. The molecule has 0 aromatic rings. The van der Waals surface area contributed by atoms with Crippen molar-refractivity contribution in [2.45, 2.75) is 12.8 Å². The minimum absolute atomic E-state index is 0.0531. The Balaban J connectivity index is 2.54. The highest BCUT2D eigenvalue weighted by molar-refractivity contribution is 5.95. The average Bonchev–Trinajstić information content (AvgIpc) is 2.13. The van der Waals surface area contributed by atoms with E-state index in [1.54, 1.807) is 0 Å². The SMILES string of the molecule is O=CCC1CC(=O)OC1=O. The smallest absolute Gasteiger partial charge is 0.317 e. The van der Waals surface area contributed by atoms with E-state index in [1.807, 2.05) is 0 Å². The van der Waals surface area contributed by atoms with Crippen molar-refractivity contribution in [3.63, 3.8) is 0 Å². The molecule has 0 saturated carbocycles. The Morgan fingerprint density at radius 1 is 1.60 bits per heavy atom. The van der Waals surface area contributed by atoms with E-state index in [4.69, 9.17) is 0 Å². The van der Waals surface area contributed by atoms with E-state index < -0.39 is 17.9 Å². The molecule has 0 amide bonds. The van der Waals surface area contributed by atoms with E-state index in [-0.39, 0.29) is 12.8 Å². The predicted molar refractivity (Wildman–Crippen MR) is 29.9 cm³/mol. The van der Waals surface area contributed by atoms with Crippen LogP contribution in [0.2, 0.25) is 0 Å². The summed E-state index contributed by atoms with van der Waals surface area (Å²) >= 11 is 0. The Bertz CT molecular complexity index is 184. The first-order chi connectivity index (χ1) is 4.74. The lowest BCUT2D eigenvalue weighted by Crippen LogP contribution is -2.07. The molecule has 0 aliphatic carbocycles. The Kier molecular flexibility index (Phi) is 1.80. The van der Waals surface area contributed by atoms with E-state index >= 15 is 0 Å². The van der Waals surface area contributed by atoms with Crippen LogP contribution in [0, 0.1) is 5.92 Å². The molecule has 0 spiro atoms. The lowest BCUT2D eigenvalue weighted by Gasteiger charge is -1.93. The number of ether oxygens (including phenoxy) is 1. The molecule has 1 aliphatic rings. The van der Waals surface area contributed by atoms with Gasteiger partial charge in [-0.1, -0.05) is 0 Å². The van der Waals surface area contributed by atoms with E-state index in [1.165, 1.54) is 0 Å². The molecule has 0 aromatic heterocycles. The molecule has 1 heterocycles. The fourth-order valence-corrected chi connectivity index (χ4v) is 0.817. The maximum Gasteiger partial charge on any atom is 0.317 e. The summed E-state index contributed by atoms with van der Waals surface area (Å²) in [5.41, 5.74) is 0. The van der Waals surface area contributed by atoms with Crippen molar-refractivity contribution in [2.24, 2.45) is 5.92 Å². The first-order valence-electron chi connectivity index (χ1n) is 2.92. The molecule has 4 nitrogen and oxygen atoms in total. The Labute approximate surface area is 57.2 Å². The van der Waals surface area contributed by atoms with Crippen LogP contribution in [-0.4, -0.2) is 18.2 Å². The van der Waals surface area contributed by atoms with Crippen LogP contribution >= 0.6 is 0 Å². The highest BCUT2D eigenvalue weighted by Gasteiger charge is 2.32. The van der Waals surface area contributed by atoms with Gasteiger partial charge in [0.25, 0.3) is 0 Å². The van der Waals surface area contributed by atoms with Crippen LogP contribution < -0.4 is 0 Å². The molecular formula is C6H6O4. The second-order valence-corrected chi connectivity index (χ2v) is 2.10. The molecule has 1 atom stereocenters. The summed E-state index contributed by atoms with van der Waals surface area (Å²) in [5, 5.41) is 0. The van der Waals surface area contributed by atoms with Gasteiger partial charge >= 0.3 is 11.9 Å². The zero-order chi connectivity index (χ0) is 7.56. The number of hydrogen-bond donors (Lipinski definition) is 0. The van der Waals surface area contributed by atoms with Gasteiger partial charge in [-0.15, -0.1) is 0 Å². The lowest BCUT2D eigenvalue weighted by atomic mass is 10.1. The number of rotatable bonds is 2. The number of cyclic esters (lactones) is 2. The Hall–Kier alpha value is -1.19. The van der Waals surface area contributed by atoms with Crippen molar-refractivity contribution < 1.29 is 19.1 Å². The van der Waals surface area contributed by atoms with E-state index in [9.17, 15) is 14.4 Å². The monoisotopic (exact) mass is 142 g/mol. The third-order valence-corrected chi connectivity index (χ3v) is 1.34. The Morgan fingerprint density at radius 2 is 2.30 bits per heavy atom. The first kappa shape index (κ1) is 6.92. The molecular weight excluding hydrogens is 136 g/mol. The summed E-state index contributed by atoms with van der Waals surface area (Å²) in [5.74, 6) is -1.63. The van der Waals surface area contributed by atoms with Gasteiger partial charge in [0.1, 0.15) is 6.29 Å². The van der Waals surface area contributed by atoms with Gasteiger partial charge in [0.15, 0.2) is 0 Å². The zero-order valence-corrected chi connectivity index (χ0v) is 5.20. The first-order valence-corrected chi connectivity index (χ1v) is 2.92. The molecule has 0 radical (unpaired) electrons. The molecule has 10 heavy (non-hydrogen) atoms. The average molecular weight is 142 g/mol. The van der Waals surface area contributed by atoms with Gasteiger partial charge in [-0.2, -0.15) is 0 Å². The molecule has 1 saturated heterocycles. The number of hydrogen-bond acceptors (Lipinski definition) is 4. The van der Waals surface area contributed by atoms with Crippen molar-refractivity contribution in [3.8, 4) is 0 Å². The second kappa shape index (κ2) is 2.60. The van der Waals surface area contributed by atoms with E-state index in [2.05, 4.69) is 4.74 Å². The minimum Gasteiger partial charge on any atom is -0.393 e. The molecule has 54 valence electrons. The minimum atomic E-state index is -0.572. The van der Waals surface area contributed by atoms with Crippen LogP contribution in [0.5, 0.6) is 0 Å². The van der Waals surface area contributed by atoms with Gasteiger partial charge in [0.2, 0.25) is 0 Å². The number of esters is 2. The van der Waals surface area contributed by atoms with Gasteiger partial charge in [-0.3, -0.25) is 9.59 Å². The van der Waals surface area contributed by atoms with Crippen molar-refractivity contribution in [3.05, 3.63) is 0 Å². The lowest BCUT2D eigenvalue weighted by molar-refractivity contribution is -0.153. The summed E-state index contributed by atoms with van der Waals surface area (Å²) in [4.78, 5) is 30.8. The summed E-state index contributed by atoms with van der Waals surface area (Å²) in [6.45, 7) is 0. The predicted octanol–water partition coefficient (Wildman–Crippen LogP) is -0.335. The van der Waals surface area contributed by atoms with Gasteiger partial charge in [0, 0.05) is 6.42 Å². The number of carbonyl (C=O) groups is 3. The molecule has 4 heteroatoms. The summed E-state index contributed by atoms with van der Waals surface area (Å²) in [6, 6.07) is 0. The molecule has 1 rings (SSSR count). The molecule has 1 fully saturated rings. The normalized spacial score (nSPS) is 24.6. The summed E-state index contributed by atoms with van der Waals surface area (Å²) in [7, 11) is 0. The third kappa shape index (κ3) is 1.21. The molecule has 0 aromatic carbocycles. The largest absolute Gasteiger partial charge is 0.393 e. The van der Waals surface area contributed by atoms with Crippen molar-refractivity contribution in [2.75, 3.05) is 0 Å². The van der Waals surface area contributed by atoms with Gasteiger partial charge in [0.05, 0.1) is 12.3 Å². The third-order valence-electron chi connectivity index (χ3n) is 1.34. The van der Waals surface area contributed by atoms with Crippen molar-refractivity contribution in [1.29, 1.82) is 0 Å². The van der Waals surface area contributed by atoms with Crippen LogP contribution in [0.15, 0.2) is 0 Å². The highest BCUT2D eigenvalue weighted by Crippen LogP contribution is 2.17. The van der Waals surface area contributed by atoms with Gasteiger partial charge in [-0.05, 0) is 0 Å². The topological polar surface area (TPSA) is 60.4 Å². The number of aldehydes is 1. The van der Waals surface area contributed by atoms with Crippen molar-refractivity contribution >= 4 is 18.2 Å². The van der Waals surface area contributed by atoms with Crippen LogP contribution in [-0.2, 0) is 19.1 Å². The van der Waals surface area contributed by atoms with Crippen LogP contribution in [0.4, 0.5) is 0 Å². The van der Waals surface area contributed by atoms with E-state index in [0.717, 1.165) is 0 Å². The molecule has 0 bridgehead atoms. The quantitative estimate of drug-likeness (QED) is 0.301. The fourth-order valence-electron chi connectivity index (χ4n) is 0.817. The van der Waals surface area contributed by atoms with Crippen LogP contribution in [0.1, 0.15) is 12.8 Å². The summed E-state index contributed by atoms with van der Waals surface area (Å²) in [6.07, 6.45) is 0.757. The molecule has 1 aliphatic heterocycles.